The number of amides is 1. The van der Waals surface area contributed by atoms with E-state index in [-0.39, 0.29) is 17.4 Å². The predicted molar refractivity (Wildman–Crippen MR) is 102 cm³/mol. The lowest BCUT2D eigenvalue weighted by atomic mass is 10.2. The Bertz CT molecular complexity index is 964. The molecule has 0 aliphatic heterocycles. The number of carbonyl (C=O) groups excluding carboxylic acids is 1. The van der Waals surface area contributed by atoms with Gasteiger partial charge in [0.25, 0.3) is 0 Å². The Kier molecular flexibility index (Phi) is 5.58. The van der Waals surface area contributed by atoms with Crippen molar-refractivity contribution in [2.45, 2.75) is 12.1 Å². The molecule has 26 heavy (non-hydrogen) atoms. The number of phenolic OH excluding ortho intramolecular Hbond substituents is 1. The van der Waals surface area contributed by atoms with Gasteiger partial charge in [0.1, 0.15) is 11.6 Å². The molecule has 1 aromatic heterocycles. The zero-order valence-corrected chi connectivity index (χ0v) is 16.0. The van der Waals surface area contributed by atoms with E-state index in [4.69, 9.17) is 0 Å². The average Bonchev–Trinajstić information content (AvgIpc) is 3.07. The summed E-state index contributed by atoms with van der Waals surface area (Å²) in [6.07, 6.45) is 0. The number of carbonyl (C=O) groups is 1. The molecule has 9 heteroatoms. The summed E-state index contributed by atoms with van der Waals surface area (Å²) in [6, 6.07) is 9.19. The average molecular weight is 437 g/mol. The molecule has 1 heterocycles. The predicted octanol–water partition coefficient (Wildman–Crippen LogP) is 4.12. The van der Waals surface area contributed by atoms with Gasteiger partial charge in [-0.3, -0.25) is 9.89 Å². The van der Waals surface area contributed by atoms with Gasteiger partial charge in [0.2, 0.25) is 11.1 Å². The van der Waals surface area contributed by atoms with Crippen molar-refractivity contribution in [1.29, 1.82) is 0 Å². The lowest BCUT2D eigenvalue weighted by Gasteiger charge is -2.07. The van der Waals surface area contributed by atoms with Gasteiger partial charge in [-0.15, -0.1) is 5.10 Å². The largest absolute Gasteiger partial charge is 0.507 e. The highest BCUT2D eigenvalue weighted by molar-refractivity contribution is 9.10. The molecule has 6 nitrogen and oxygen atoms in total. The van der Waals surface area contributed by atoms with Crippen LogP contribution in [0.25, 0.3) is 11.4 Å². The van der Waals surface area contributed by atoms with E-state index in [9.17, 15) is 14.3 Å². The van der Waals surface area contributed by atoms with Gasteiger partial charge in [0, 0.05) is 10.2 Å². The number of nitrogens with zero attached hydrogens (tertiary/aromatic N) is 2. The van der Waals surface area contributed by atoms with Crippen LogP contribution < -0.4 is 5.32 Å². The van der Waals surface area contributed by atoms with Crippen LogP contribution in [0.1, 0.15) is 5.56 Å². The number of phenols is 1. The minimum Gasteiger partial charge on any atom is -0.507 e. The molecule has 0 saturated heterocycles. The van der Waals surface area contributed by atoms with Crippen molar-refractivity contribution < 1.29 is 14.3 Å². The second-order valence-corrected chi connectivity index (χ2v) is 7.28. The van der Waals surface area contributed by atoms with Crippen LogP contribution in [0.3, 0.4) is 0 Å². The molecule has 0 bridgehead atoms. The Labute approximate surface area is 161 Å². The van der Waals surface area contributed by atoms with Gasteiger partial charge in [0.15, 0.2) is 5.82 Å². The number of thioether (sulfide) groups is 1. The van der Waals surface area contributed by atoms with Gasteiger partial charge in [-0.25, -0.2) is 9.37 Å². The maximum Gasteiger partial charge on any atom is 0.234 e. The number of aromatic amines is 1. The molecule has 1 amide bonds. The van der Waals surface area contributed by atoms with Crippen LogP contribution in [0.4, 0.5) is 10.1 Å². The summed E-state index contributed by atoms with van der Waals surface area (Å²) in [6.45, 7) is 1.79. The Morgan fingerprint density at radius 2 is 2.15 bits per heavy atom. The number of halogens is 2. The molecule has 134 valence electrons. The van der Waals surface area contributed by atoms with E-state index >= 15 is 0 Å². The molecule has 0 radical (unpaired) electrons. The second kappa shape index (κ2) is 7.88. The highest BCUT2D eigenvalue weighted by Crippen LogP contribution is 2.30. The van der Waals surface area contributed by atoms with E-state index in [2.05, 4.69) is 36.4 Å². The normalized spacial score (nSPS) is 10.7. The van der Waals surface area contributed by atoms with Crippen molar-refractivity contribution in [2.75, 3.05) is 11.1 Å². The Morgan fingerprint density at radius 1 is 1.35 bits per heavy atom. The SMILES string of the molecule is Cc1ccc(F)cc1NC(=O)CSc1n[nH]c(-c2cc(Br)ccc2O)n1. The molecule has 3 N–H and O–H groups in total. The van der Waals surface area contributed by atoms with Gasteiger partial charge >= 0.3 is 0 Å². The number of H-pyrrole nitrogens is 1. The van der Waals surface area contributed by atoms with E-state index in [1.54, 1.807) is 31.2 Å². The number of hydrogen-bond acceptors (Lipinski definition) is 5. The fourth-order valence-corrected chi connectivity index (χ4v) is 3.13. The number of nitrogens with one attached hydrogen (secondary N) is 2. The number of benzene rings is 2. The summed E-state index contributed by atoms with van der Waals surface area (Å²) in [5, 5.41) is 19.7. The first-order chi connectivity index (χ1) is 12.4. The second-order valence-electron chi connectivity index (χ2n) is 5.42. The third-order valence-corrected chi connectivity index (χ3v) is 4.83. The van der Waals surface area contributed by atoms with Crippen LogP contribution in [0.5, 0.6) is 5.75 Å². The van der Waals surface area contributed by atoms with E-state index in [1.807, 2.05) is 0 Å². The molecule has 0 fully saturated rings. The van der Waals surface area contributed by atoms with E-state index in [0.717, 1.165) is 21.8 Å². The highest BCUT2D eigenvalue weighted by atomic mass is 79.9. The summed E-state index contributed by atoms with van der Waals surface area (Å²) in [4.78, 5) is 16.3. The molecule has 0 aliphatic carbocycles. The topological polar surface area (TPSA) is 90.9 Å². The fourth-order valence-electron chi connectivity index (χ4n) is 2.17. The first-order valence-electron chi connectivity index (χ1n) is 7.52. The number of aromatic hydroxyl groups is 1. The van der Waals surface area contributed by atoms with Gasteiger partial charge < -0.3 is 10.4 Å². The highest BCUT2D eigenvalue weighted by Gasteiger charge is 2.13. The van der Waals surface area contributed by atoms with E-state index in [1.165, 1.54) is 12.1 Å². The molecule has 0 saturated carbocycles. The summed E-state index contributed by atoms with van der Waals surface area (Å²) >= 11 is 4.47. The van der Waals surface area contributed by atoms with Crippen LogP contribution in [-0.2, 0) is 4.79 Å². The summed E-state index contributed by atoms with van der Waals surface area (Å²) in [7, 11) is 0. The first kappa shape index (κ1) is 18.4. The smallest absolute Gasteiger partial charge is 0.234 e. The van der Waals surface area contributed by atoms with Crippen LogP contribution in [-0.4, -0.2) is 31.9 Å². The Hall–Kier alpha value is -2.39. The standard InChI is InChI=1S/C17H14BrFN4O2S/c1-9-2-4-11(19)7-13(9)20-15(25)8-26-17-21-16(22-23-17)12-6-10(18)3-5-14(12)24/h2-7,24H,8H2,1H3,(H,20,25)(H,21,22,23). The first-order valence-corrected chi connectivity index (χ1v) is 9.30. The molecule has 0 aliphatic rings. The molecule has 0 atom stereocenters. The maximum atomic E-state index is 13.3. The zero-order chi connectivity index (χ0) is 18.7. The fraction of sp³-hybridized carbons (Fsp3) is 0.118. The van der Waals surface area contributed by atoms with Crippen LogP contribution in [0, 0.1) is 12.7 Å². The summed E-state index contributed by atoms with van der Waals surface area (Å²) in [5.74, 6) is -0.170. The minimum absolute atomic E-state index is 0.0672. The third-order valence-electron chi connectivity index (χ3n) is 3.48. The zero-order valence-electron chi connectivity index (χ0n) is 13.6. The Morgan fingerprint density at radius 3 is 2.96 bits per heavy atom. The van der Waals surface area contributed by atoms with Crippen molar-refractivity contribution >= 4 is 39.3 Å². The van der Waals surface area contributed by atoms with Gasteiger partial charge in [-0.05, 0) is 42.8 Å². The molecule has 3 aromatic rings. The van der Waals surface area contributed by atoms with Gasteiger partial charge in [-0.2, -0.15) is 0 Å². The van der Waals surface area contributed by atoms with Crippen molar-refractivity contribution in [2.24, 2.45) is 0 Å². The molecule has 2 aromatic carbocycles. The maximum absolute atomic E-state index is 13.3. The van der Waals surface area contributed by atoms with Crippen molar-refractivity contribution in [3.63, 3.8) is 0 Å². The van der Waals surface area contributed by atoms with E-state index in [0.29, 0.717) is 22.2 Å². The number of aromatic nitrogens is 3. The van der Waals surface area contributed by atoms with Crippen molar-refractivity contribution in [3.8, 4) is 17.1 Å². The number of anilines is 1. The lowest BCUT2D eigenvalue weighted by molar-refractivity contribution is -0.113. The molecular weight excluding hydrogens is 423 g/mol. The lowest BCUT2D eigenvalue weighted by Crippen LogP contribution is -2.15. The Balaban J connectivity index is 1.64. The van der Waals surface area contributed by atoms with Crippen LogP contribution in [0.15, 0.2) is 46.0 Å². The minimum atomic E-state index is -0.411. The van der Waals surface area contributed by atoms with Gasteiger partial charge in [-0.1, -0.05) is 33.8 Å². The monoisotopic (exact) mass is 436 g/mol. The van der Waals surface area contributed by atoms with Gasteiger partial charge in [0.05, 0.1) is 11.3 Å². The van der Waals surface area contributed by atoms with Crippen LogP contribution >= 0.6 is 27.7 Å². The summed E-state index contributed by atoms with van der Waals surface area (Å²) in [5.41, 5.74) is 1.71. The van der Waals surface area contributed by atoms with E-state index < -0.39 is 5.82 Å². The van der Waals surface area contributed by atoms with Crippen LogP contribution in [0.2, 0.25) is 0 Å². The third kappa shape index (κ3) is 4.41. The quantitative estimate of drug-likeness (QED) is 0.523. The number of rotatable bonds is 5. The van der Waals surface area contributed by atoms with Crippen molar-refractivity contribution in [1.82, 2.24) is 15.2 Å². The molecule has 0 spiro atoms. The molecular formula is C17H14BrFN4O2S. The molecule has 0 unspecified atom stereocenters. The number of aryl methyl sites for hydroxylation is 1. The number of hydrogen-bond donors (Lipinski definition) is 3. The van der Waals surface area contributed by atoms with Crippen molar-refractivity contribution in [3.05, 3.63) is 52.3 Å². The molecule has 3 rings (SSSR count). The summed E-state index contributed by atoms with van der Waals surface area (Å²) < 4.78 is 14.1.